The molecule has 1 heteroatoms. The van der Waals surface area contributed by atoms with E-state index >= 15 is 0 Å². The largest absolute Gasteiger partial charge is 0.175 e. The molecule has 56 valence electrons. The van der Waals surface area contributed by atoms with Crippen molar-refractivity contribution in [1.29, 1.82) is 0 Å². The van der Waals surface area contributed by atoms with Crippen LogP contribution >= 0.6 is 12.6 Å². The maximum Gasteiger partial charge on any atom is 0.00856 e. The fourth-order valence-electron chi connectivity index (χ4n) is 0.583. The second kappa shape index (κ2) is 6.69. The molecule has 0 nitrogen and oxygen atoms in total. The van der Waals surface area contributed by atoms with Gasteiger partial charge in [-0.2, -0.15) is 12.6 Å². The smallest absolute Gasteiger partial charge is 0.00856 e. The van der Waals surface area contributed by atoms with Gasteiger partial charge in [-0.1, -0.05) is 37.8 Å². The fourth-order valence-corrected chi connectivity index (χ4v) is 0.704. The van der Waals surface area contributed by atoms with Crippen LogP contribution < -0.4 is 0 Å². The molecule has 0 aromatic heterocycles. The molecule has 0 radical (unpaired) electrons. The topological polar surface area (TPSA) is 0 Å². The van der Waals surface area contributed by atoms with Gasteiger partial charge in [0, 0.05) is 5.75 Å². The summed E-state index contributed by atoms with van der Waals surface area (Å²) in [6.45, 7) is 5.80. The van der Waals surface area contributed by atoms with Crippen molar-refractivity contribution < 1.29 is 0 Å². The number of allylic oxidation sites excluding steroid dienone is 4. The zero-order valence-corrected chi connectivity index (χ0v) is 7.27. The third kappa shape index (κ3) is 4.45. The molecule has 0 heterocycles. The van der Waals surface area contributed by atoms with Crippen LogP contribution in [0.15, 0.2) is 36.5 Å². The van der Waals surface area contributed by atoms with Crippen molar-refractivity contribution in [3.63, 3.8) is 0 Å². The molecule has 0 saturated carbocycles. The van der Waals surface area contributed by atoms with Crippen LogP contribution in [0.4, 0.5) is 0 Å². The second-order valence-electron chi connectivity index (χ2n) is 1.91. The molecule has 0 aromatic carbocycles. The van der Waals surface area contributed by atoms with Crippen molar-refractivity contribution in [2.75, 3.05) is 5.75 Å². The summed E-state index contributed by atoms with van der Waals surface area (Å²) in [5.41, 5.74) is 1.26. The van der Waals surface area contributed by atoms with Gasteiger partial charge >= 0.3 is 0 Å². The molecular weight excluding hydrogens is 140 g/mol. The molecule has 10 heavy (non-hydrogen) atoms. The molecule has 0 N–H and O–H groups in total. The van der Waals surface area contributed by atoms with Crippen LogP contribution in [0, 0.1) is 0 Å². The number of hydrogen-bond acceptors (Lipinski definition) is 1. The van der Waals surface area contributed by atoms with Gasteiger partial charge in [-0.25, -0.2) is 0 Å². The predicted molar refractivity (Wildman–Crippen MR) is 51.6 cm³/mol. The Morgan fingerprint density at radius 1 is 1.60 bits per heavy atom. The van der Waals surface area contributed by atoms with E-state index in [1.54, 1.807) is 0 Å². The van der Waals surface area contributed by atoms with E-state index in [9.17, 15) is 0 Å². The molecule has 0 aliphatic rings. The Balaban J connectivity index is 3.85. The SMILES string of the molecule is C=C/C(=C\C=C/CS)CC. The van der Waals surface area contributed by atoms with E-state index in [4.69, 9.17) is 0 Å². The Labute approximate surface area is 68.7 Å². The molecule has 0 atom stereocenters. The monoisotopic (exact) mass is 154 g/mol. The van der Waals surface area contributed by atoms with Crippen LogP contribution in [0.5, 0.6) is 0 Å². The average Bonchev–Trinajstić information content (AvgIpc) is 1.99. The van der Waals surface area contributed by atoms with E-state index in [0.717, 1.165) is 12.2 Å². The maximum atomic E-state index is 4.04. The molecule has 0 aliphatic heterocycles. The summed E-state index contributed by atoms with van der Waals surface area (Å²) in [5.74, 6) is 0.796. The predicted octanol–water partition coefficient (Wildman–Crippen LogP) is 2.99. The van der Waals surface area contributed by atoms with Crippen LogP contribution in [0.1, 0.15) is 13.3 Å². The highest BCUT2D eigenvalue weighted by Gasteiger charge is 1.80. The van der Waals surface area contributed by atoms with E-state index in [1.807, 2.05) is 18.2 Å². The number of rotatable bonds is 4. The highest BCUT2D eigenvalue weighted by atomic mass is 32.1. The molecule has 0 saturated heterocycles. The third-order valence-corrected chi connectivity index (χ3v) is 1.43. The van der Waals surface area contributed by atoms with Crippen LogP contribution in [0.25, 0.3) is 0 Å². The van der Waals surface area contributed by atoms with Gasteiger partial charge in [0.05, 0.1) is 0 Å². The van der Waals surface area contributed by atoms with Crippen LogP contribution in [-0.4, -0.2) is 5.75 Å². The van der Waals surface area contributed by atoms with Gasteiger partial charge in [0.1, 0.15) is 0 Å². The Morgan fingerprint density at radius 2 is 2.30 bits per heavy atom. The fraction of sp³-hybridized carbons (Fsp3) is 0.333. The first-order valence-electron chi connectivity index (χ1n) is 3.44. The zero-order valence-electron chi connectivity index (χ0n) is 6.38. The van der Waals surface area contributed by atoms with Gasteiger partial charge < -0.3 is 0 Å². The van der Waals surface area contributed by atoms with E-state index in [2.05, 4.69) is 32.2 Å². The van der Waals surface area contributed by atoms with E-state index in [-0.39, 0.29) is 0 Å². The summed E-state index contributed by atoms with van der Waals surface area (Å²) < 4.78 is 0. The van der Waals surface area contributed by atoms with E-state index in [0.29, 0.717) is 0 Å². The molecule has 0 amide bonds. The van der Waals surface area contributed by atoms with Gasteiger partial charge in [-0.3, -0.25) is 0 Å². The van der Waals surface area contributed by atoms with Crippen molar-refractivity contribution in [1.82, 2.24) is 0 Å². The minimum atomic E-state index is 0.796. The standard InChI is InChI=1S/C9H14S/c1-3-9(4-2)7-5-6-8-10/h3,5-7,10H,1,4,8H2,2H3/b6-5-,9-7+. The lowest BCUT2D eigenvalue weighted by atomic mass is 10.2. The molecule has 0 spiro atoms. The maximum absolute atomic E-state index is 4.04. The number of thiol groups is 1. The van der Waals surface area contributed by atoms with E-state index < -0.39 is 0 Å². The summed E-state index contributed by atoms with van der Waals surface area (Å²) >= 11 is 4.04. The zero-order chi connectivity index (χ0) is 7.82. The van der Waals surface area contributed by atoms with Crippen LogP contribution in [0.3, 0.4) is 0 Å². The second-order valence-corrected chi connectivity index (χ2v) is 2.28. The minimum absolute atomic E-state index is 0.796. The first-order valence-corrected chi connectivity index (χ1v) is 4.07. The molecule has 0 fully saturated rings. The summed E-state index contributed by atoms with van der Waals surface area (Å²) in [6, 6.07) is 0. The quantitative estimate of drug-likeness (QED) is 0.467. The Bertz CT molecular complexity index is 143. The van der Waals surface area contributed by atoms with Gasteiger partial charge in [0.15, 0.2) is 0 Å². The summed E-state index contributed by atoms with van der Waals surface area (Å²) in [5, 5.41) is 0. The van der Waals surface area contributed by atoms with Crippen molar-refractivity contribution >= 4 is 12.6 Å². The highest BCUT2D eigenvalue weighted by Crippen LogP contribution is 2.00. The number of hydrogen-bond donors (Lipinski definition) is 1. The van der Waals surface area contributed by atoms with Crippen molar-refractivity contribution in [2.24, 2.45) is 0 Å². The molecule has 0 bridgehead atoms. The van der Waals surface area contributed by atoms with Gasteiger partial charge in [-0.05, 0) is 12.0 Å². The first-order chi connectivity index (χ1) is 4.85. The Hall–Kier alpha value is -0.430. The van der Waals surface area contributed by atoms with Gasteiger partial charge in [-0.15, -0.1) is 0 Å². The Morgan fingerprint density at radius 3 is 2.70 bits per heavy atom. The summed E-state index contributed by atoms with van der Waals surface area (Å²) in [7, 11) is 0. The molecular formula is C9H14S. The third-order valence-electron chi connectivity index (χ3n) is 1.22. The van der Waals surface area contributed by atoms with Gasteiger partial charge in [0.2, 0.25) is 0 Å². The summed E-state index contributed by atoms with van der Waals surface area (Å²) in [6.07, 6.45) is 8.99. The average molecular weight is 154 g/mol. The highest BCUT2D eigenvalue weighted by molar-refractivity contribution is 7.80. The van der Waals surface area contributed by atoms with E-state index in [1.165, 1.54) is 5.57 Å². The Kier molecular flexibility index (Phi) is 6.40. The first kappa shape index (κ1) is 9.57. The molecule has 0 unspecified atom stereocenters. The van der Waals surface area contributed by atoms with Crippen LogP contribution in [-0.2, 0) is 0 Å². The van der Waals surface area contributed by atoms with Gasteiger partial charge in [0.25, 0.3) is 0 Å². The molecule has 0 rings (SSSR count). The van der Waals surface area contributed by atoms with Crippen LogP contribution in [0.2, 0.25) is 0 Å². The lowest BCUT2D eigenvalue weighted by Crippen LogP contribution is -1.70. The minimum Gasteiger partial charge on any atom is -0.175 e. The summed E-state index contributed by atoms with van der Waals surface area (Å²) in [4.78, 5) is 0. The lowest BCUT2D eigenvalue weighted by Gasteiger charge is -1.90. The lowest BCUT2D eigenvalue weighted by molar-refractivity contribution is 1.15. The normalized spacial score (nSPS) is 12.4. The molecule has 0 aliphatic carbocycles. The van der Waals surface area contributed by atoms with Crippen molar-refractivity contribution in [3.05, 3.63) is 36.5 Å². The molecule has 0 aromatic rings. The van der Waals surface area contributed by atoms with Crippen molar-refractivity contribution in [3.8, 4) is 0 Å². The van der Waals surface area contributed by atoms with Crippen molar-refractivity contribution in [2.45, 2.75) is 13.3 Å².